The molecule has 96 valence electrons. The third-order valence-corrected chi connectivity index (χ3v) is 3.92. The van der Waals surface area contributed by atoms with Crippen molar-refractivity contribution in [3.05, 3.63) is 0 Å². The molecular weight excluding hydrogens is 230 g/mol. The van der Waals surface area contributed by atoms with E-state index in [-0.39, 0.29) is 6.10 Å². The van der Waals surface area contributed by atoms with E-state index >= 15 is 0 Å². The first kappa shape index (κ1) is 13.9. The lowest BCUT2D eigenvalue weighted by Gasteiger charge is -2.31. The number of nitrogens with two attached hydrogens (primary N) is 1. The highest BCUT2D eigenvalue weighted by Crippen LogP contribution is 2.08. The Balaban J connectivity index is 2.54. The van der Waals surface area contributed by atoms with E-state index in [2.05, 4.69) is 4.72 Å². The SMILES string of the molecule is CC(C)CNS(=O)(=O)N1CCOC(CN)C1. The minimum atomic E-state index is -3.37. The Labute approximate surface area is 97.3 Å². The van der Waals surface area contributed by atoms with E-state index in [4.69, 9.17) is 10.5 Å². The normalized spacial score (nSPS) is 23.9. The quantitative estimate of drug-likeness (QED) is 0.665. The summed E-state index contributed by atoms with van der Waals surface area (Å²) >= 11 is 0. The van der Waals surface area contributed by atoms with Gasteiger partial charge in [-0.3, -0.25) is 0 Å². The summed E-state index contributed by atoms with van der Waals surface area (Å²) in [4.78, 5) is 0. The Morgan fingerprint density at radius 2 is 2.25 bits per heavy atom. The van der Waals surface area contributed by atoms with Crippen molar-refractivity contribution in [2.45, 2.75) is 20.0 Å². The van der Waals surface area contributed by atoms with Crippen LogP contribution >= 0.6 is 0 Å². The zero-order valence-corrected chi connectivity index (χ0v) is 10.7. The van der Waals surface area contributed by atoms with E-state index in [9.17, 15) is 8.42 Å². The zero-order valence-electron chi connectivity index (χ0n) is 9.85. The molecule has 1 fully saturated rings. The first-order chi connectivity index (χ1) is 7.45. The molecule has 1 unspecified atom stereocenters. The molecule has 0 aliphatic carbocycles. The summed E-state index contributed by atoms with van der Waals surface area (Å²) < 4.78 is 33.0. The van der Waals surface area contributed by atoms with Crippen LogP contribution in [0.3, 0.4) is 0 Å². The summed E-state index contributed by atoms with van der Waals surface area (Å²) in [6.45, 7) is 5.86. The van der Waals surface area contributed by atoms with E-state index in [0.29, 0.717) is 38.7 Å². The first-order valence-corrected chi connectivity index (χ1v) is 6.96. The predicted octanol–water partition coefficient (Wildman–Crippen LogP) is -0.864. The number of nitrogens with one attached hydrogen (secondary N) is 1. The molecule has 1 saturated heterocycles. The van der Waals surface area contributed by atoms with Crippen molar-refractivity contribution in [3.8, 4) is 0 Å². The highest BCUT2D eigenvalue weighted by atomic mass is 32.2. The van der Waals surface area contributed by atoms with Crippen LogP contribution in [-0.2, 0) is 14.9 Å². The van der Waals surface area contributed by atoms with Crippen molar-refractivity contribution in [2.24, 2.45) is 11.7 Å². The van der Waals surface area contributed by atoms with Crippen LogP contribution in [0.25, 0.3) is 0 Å². The molecule has 16 heavy (non-hydrogen) atoms. The van der Waals surface area contributed by atoms with Crippen LogP contribution in [0.2, 0.25) is 0 Å². The van der Waals surface area contributed by atoms with Crippen LogP contribution in [-0.4, -0.2) is 51.6 Å². The molecule has 0 bridgehead atoms. The monoisotopic (exact) mass is 251 g/mol. The topological polar surface area (TPSA) is 84.7 Å². The lowest BCUT2D eigenvalue weighted by Crippen LogP contribution is -2.52. The Morgan fingerprint density at radius 3 is 2.81 bits per heavy atom. The van der Waals surface area contributed by atoms with Gasteiger partial charge in [0.05, 0.1) is 12.7 Å². The molecule has 0 saturated carbocycles. The molecule has 0 radical (unpaired) electrons. The van der Waals surface area contributed by atoms with Gasteiger partial charge < -0.3 is 10.5 Å². The lowest BCUT2D eigenvalue weighted by molar-refractivity contribution is 0.00411. The molecule has 0 aromatic carbocycles. The Kier molecular flexibility index (Phi) is 5.13. The van der Waals surface area contributed by atoms with Crippen LogP contribution in [0.15, 0.2) is 0 Å². The molecule has 1 aliphatic heterocycles. The van der Waals surface area contributed by atoms with Gasteiger partial charge in [0.15, 0.2) is 0 Å². The molecular formula is C9H21N3O3S. The summed E-state index contributed by atoms with van der Waals surface area (Å²) in [6, 6.07) is 0. The highest BCUT2D eigenvalue weighted by Gasteiger charge is 2.28. The first-order valence-electron chi connectivity index (χ1n) is 5.52. The minimum absolute atomic E-state index is 0.190. The Hall–Kier alpha value is -0.210. The van der Waals surface area contributed by atoms with Crippen LogP contribution < -0.4 is 10.5 Å². The van der Waals surface area contributed by atoms with Gasteiger partial charge in [-0.2, -0.15) is 12.7 Å². The second-order valence-corrected chi connectivity index (χ2v) is 6.09. The summed E-state index contributed by atoms with van der Waals surface area (Å²) in [6.07, 6.45) is -0.190. The van der Waals surface area contributed by atoms with Crippen molar-refractivity contribution in [3.63, 3.8) is 0 Å². The number of morpholine rings is 1. The van der Waals surface area contributed by atoms with Gasteiger partial charge in [0.1, 0.15) is 0 Å². The lowest BCUT2D eigenvalue weighted by atomic mass is 10.2. The average Bonchev–Trinajstić information content (AvgIpc) is 2.27. The Morgan fingerprint density at radius 1 is 1.56 bits per heavy atom. The van der Waals surface area contributed by atoms with Crippen LogP contribution in [0.4, 0.5) is 0 Å². The third-order valence-electron chi connectivity index (χ3n) is 2.38. The highest BCUT2D eigenvalue weighted by molar-refractivity contribution is 7.87. The summed E-state index contributed by atoms with van der Waals surface area (Å²) in [5.41, 5.74) is 5.46. The zero-order chi connectivity index (χ0) is 12.2. The molecule has 6 nitrogen and oxygen atoms in total. The van der Waals surface area contributed by atoms with Crippen LogP contribution in [0, 0.1) is 5.92 Å². The van der Waals surface area contributed by atoms with E-state index < -0.39 is 10.2 Å². The fourth-order valence-electron chi connectivity index (χ4n) is 1.42. The second kappa shape index (κ2) is 5.92. The van der Waals surface area contributed by atoms with Gasteiger partial charge in [0.25, 0.3) is 10.2 Å². The molecule has 7 heteroatoms. The number of ether oxygens (including phenoxy) is 1. The van der Waals surface area contributed by atoms with E-state index in [0.717, 1.165) is 0 Å². The molecule has 1 atom stereocenters. The fourth-order valence-corrected chi connectivity index (χ4v) is 2.82. The molecule has 0 amide bonds. The summed E-state index contributed by atoms with van der Waals surface area (Å²) in [5.74, 6) is 0.293. The van der Waals surface area contributed by atoms with Crippen molar-refractivity contribution in [1.29, 1.82) is 0 Å². The number of hydrogen-bond acceptors (Lipinski definition) is 4. The van der Waals surface area contributed by atoms with Gasteiger partial charge in [0, 0.05) is 26.2 Å². The third kappa shape index (κ3) is 3.99. The molecule has 1 rings (SSSR count). The molecule has 0 aromatic heterocycles. The molecule has 3 N–H and O–H groups in total. The van der Waals surface area contributed by atoms with Gasteiger partial charge in [-0.1, -0.05) is 13.8 Å². The maximum absolute atomic E-state index is 11.9. The minimum Gasteiger partial charge on any atom is -0.374 e. The summed E-state index contributed by atoms with van der Waals surface area (Å²) in [5, 5.41) is 0. The maximum atomic E-state index is 11.9. The van der Waals surface area contributed by atoms with E-state index in [1.165, 1.54) is 4.31 Å². The molecule has 1 heterocycles. The van der Waals surface area contributed by atoms with Gasteiger partial charge in [-0.05, 0) is 5.92 Å². The van der Waals surface area contributed by atoms with Crippen molar-refractivity contribution >= 4 is 10.2 Å². The second-order valence-electron chi connectivity index (χ2n) is 4.33. The number of rotatable bonds is 5. The average molecular weight is 251 g/mol. The molecule has 0 aromatic rings. The Bertz CT molecular complexity index is 305. The van der Waals surface area contributed by atoms with Gasteiger partial charge in [-0.15, -0.1) is 0 Å². The number of hydrogen-bond donors (Lipinski definition) is 2. The van der Waals surface area contributed by atoms with E-state index in [1.807, 2.05) is 13.8 Å². The number of nitrogens with zero attached hydrogens (tertiary/aromatic N) is 1. The van der Waals surface area contributed by atoms with Crippen molar-refractivity contribution in [1.82, 2.24) is 9.03 Å². The predicted molar refractivity (Wildman–Crippen MR) is 62.1 cm³/mol. The van der Waals surface area contributed by atoms with Gasteiger partial charge >= 0.3 is 0 Å². The van der Waals surface area contributed by atoms with E-state index in [1.54, 1.807) is 0 Å². The van der Waals surface area contributed by atoms with Gasteiger partial charge in [-0.25, -0.2) is 4.72 Å². The molecule has 0 spiro atoms. The maximum Gasteiger partial charge on any atom is 0.279 e. The van der Waals surface area contributed by atoms with Crippen LogP contribution in [0.5, 0.6) is 0 Å². The fraction of sp³-hybridized carbons (Fsp3) is 1.00. The van der Waals surface area contributed by atoms with Gasteiger partial charge in [0.2, 0.25) is 0 Å². The van der Waals surface area contributed by atoms with Crippen molar-refractivity contribution < 1.29 is 13.2 Å². The van der Waals surface area contributed by atoms with Crippen molar-refractivity contribution in [2.75, 3.05) is 32.8 Å². The van der Waals surface area contributed by atoms with Crippen LogP contribution in [0.1, 0.15) is 13.8 Å². The largest absolute Gasteiger partial charge is 0.374 e. The molecule has 1 aliphatic rings. The summed E-state index contributed by atoms with van der Waals surface area (Å²) in [7, 11) is -3.37. The standard InChI is InChI=1S/C9H21N3O3S/c1-8(2)6-11-16(13,14)12-3-4-15-9(5-10)7-12/h8-9,11H,3-7,10H2,1-2H3. The smallest absolute Gasteiger partial charge is 0.279 e.